The highest BCUT2D eigenvalue weighted by atomic mass is 19.1. The average Bonchev–Trinajstić information content (AvgIpc) is 2.34. The fourth-order valence-electron chi connectivity index (χ4n) is 1.81. The van der Waals surface area contributed by atoms with Gasteiger partial charge in [0, 0.05) is 11.8 Å². The summed E-state index contributed by atoms with van der Waals surface area (Å²) < 4.78 is 14.3. The average molecular weight is 262 g/mol. The molecule has 0 fully saturated rings. The zero-order valence-electron chi connectivity index (χ0n) is 10.2. The predicted octanol–water partition coefficient (Wildman–Crippen LogP) is 2.25. The number of hydrogen-bond donors (Lipinski definition) is 0. The molecule has 1 heterocycles. The predicted molar refractivity (Wildman–Crippen MR) is 67.6 cm³/mol. The summed E-state index contributed by atoms with van der Waals surface area (Å²) in [6.45, 7) is 1.77. The van der Waals surface area contributed by atoms with Gasteiger partial charge in [-0.15, -0.1) is 0 Å². The molecule has 1 aromatic heterocycles. The summed E-state index contributed by atoms with van der Waals surface area (Å²) in [7, 11) is 0. The molecule has 0 atom stereocenters. The summed E-state index contributed by atoms with van der Waals surface area (Å²) >= 11 is 0. The van der Waals surface area contributed by atoms with E-state index in [2.05, 4.69) is 0 Å². The van der Waals surface area contributed by atoms with Crippen molar-refractivity contribution < 1.29 is 9.31 Å². The normalized spacial score (nSPS) is 10.4. The van der Waals surface area contributed by atoms with Gasteiger partial charge in [0.2, 0.25) is 0 Å². The van der Waals surface area contributed by atoms with Crippen LogP contribution in [-0.4, -0.2) is 9.49 Å². The lowest BCUT2D eigenvalue weighted by molar-refractivity contribution is -0.386. The molecule has 6 heteroatoms. The largest absolute Gasteiger partial charge is 0.334 e. The van der Waals surface area contributed by atoms with Gasteiger partial charge in [0.05, 0.1) is 11.5 Å². The van der Waals surface area contributed by atoms with E-state index < -0.39 is 22.0 Å². The number of halogens is 1. The maximum absolute atomic E-state index is 13.1. The number of aryl methyl sites for hydroxylation is 1. The van der Waals surface area contributed by atoms with Crippen LogP contribution in [0.4, 0.5) is 10.1 Å². The Morgan fingerprint density at radius 1 is 1.32 bits per heavy atom. The lowest BCUT2D eigenvalue weighted by atomic mass is 10.2. The second-order valence-electron chi connectivity index (χ2n) is 4.14. The quantitative estimate of drug-likeness (QED) is 0.629. The minimum atomic E-state index is -0.718. The van der Waals surface area contributed by atoms with Crippen LogP contribution in [0, 0.1) is 22.9 Å². The Hall–Kier alpha value is -2.50. The zero-order valence-corrected chi connectivity index (χ0v) is 10.2. The first-order valence-electron chi connectivity index (χ1n) is 5.58. The number of benzene rings is 1. The third-order valence-corrected chi connectivity index (χ3v) is 2.80. The van der Waals surface area contributed by atoms with Crippen LogP contribution in [0.3, 0.4) is 0 Å². The van der Waals surface area contributed by atoms with Gasteiger partial charge >= 0.3 is 11.2 Å². The third-order valence-electron chi connectivity index (χ3n) is 2.80. The van der Waals surface area contributed by atoms with E-state index in [0.717, 1.165) is 0 Å². The monoisotopic (exact) mass is 262 g/mol. The highest BCUT2D eigenvalue weighted by molar-refractivity contribution is 5.29. The summed E-state index contributed by atoms with van der Waals surface area (Å²) in [5.41, 5.74) is -0.0122. The van der Waals surface area contributed by atoms with Gasteiger partial charge in [-0.1, -0.05) is 12.1 Å². The van der Waals surface area contributed by atoms with Crippen molar-refractivity contribution in [1.82, 2.24) is 4.57 Å². The molecular weight excluding hydrogens is 251 g/mol. The summed E-state index contributed by atoms with van der Waals surface area (Å²) in [6, 6.07) is 8.46. The van der Waals surface area contributed by atoms with E-state index in [1.807, 2.05) is 0 Å². The van der Waals surface area contributed by atoms with Crippen molar-refractivity contribution in [3.63, 3.8) is 0 Å². The number of rotatable bonds is 3. The van der Waals surface area contributed by atoms with Crippen LogP contribution >= 0.6 is 0 Å². The van der Waals surface area contributed by atoms with Crippen LogP contribution in [0.15, 0.2) is 41.2 Å². The van der Waals surface area contributed by atoms with E-state index in [4.69, 9.17) is 0 Å². The van der Waals surface area contributed by atoms with Crippen molar-refractivity contribution in [1.29, 1.82) is 0 Å². The molecule has 0 spiro atoms. The topological polar surface area (TPSA) is 65.1 Å². The molecule has 0 saturated heterocycles. The number of hydrogen-bond acceptors (Lipinski definition) is 3. The number of aromatic nitrogens is 1. The van der Waals surface area contributed by atoms with Gasteiger partial charge in [0.15, 0.2) is 0 Å². The number of nitrogens with zero attached hydrogens (tertiary/aromatic N) is 2. The first-order chi connectivity index (χ1) is 8.99. The second kappa shape index (κ2) is 5.01. The smallest absolute Gasteiger partial charge is 0.303 e. The first kappa shape index (κ1) is 12.9. The zero-order chi connectivity index (χ0) is 14.0. The minimum absolute atomic E-state index is 0.101. The Balaban J connectivity index is 2.48. The molecule has 0 bridgehead atoms. The first-order valence-corrected chi connectivity index (χ1v) is 5.58. The molecule has 2 rings (SSSR count). The third kappa shape index (κ3) is 2.67. The SMILES string of the molecule is Cc1ccc([N+](=O)[O-])c(=O)n1Cc1cccc(F)c1. The van der Waals surface area contributed by atoms with Crippen LogP contribution < -0.4 is 5.56 Å². The van der Waals surface area contributed by atoms with E-state index in [1.54, 1.807) is 13.0 Å². The van der Waals surface area contributed by atoms with Gasteiger partial charge in [0.1, 0.15) is 5.82 Å². The van der Waals surface area contributed by atoms with Gasteiger partial charge in [-0.05, 0) is 30.7 Å². The van der Waals surface area contributed by atoms with Crippen molar-refractivity contribution in [2.45, 2.75) is 13.5 Å². The molecule has 0 N–H and O–H groups in total. The molecule has 0 aliphatic carbocycles. The molecule has 19 heavy (non-hydrogen) atoms. The summed E-state index contributed by atoms with van der Waals surface area (Å²) in [5, 5.41) is 10.7. The Bertz CT molecular complexity index is 695. The Morgan fingerprint density at radius 2 is 2.05 bits per heavy atom. The van der Waals surface area contributed by atoms with E-state index >= 15 is 0 Å². The van der Waals surface area contributed by atoms with Gasteiger partial charge in [0.25, 0.3) is 0 Å². The van der Waals surface area contributed by atoms with Crippen LogP contribution in [-0.2, 0) is 6.54 Å². The summed E-state index contributed by atoms with van der Waals surface area (Å²) in [5.74, 6) is -0.409. The highest BCUT2D eigenvalue weighted by Gasteiger charge is 2.15. The maximum atomic E-state index is 13.1. The summed E-state index contributed by atoms with van der Waals surface area (Å²) in [4.78, 5) is 22.0. The standard InChI is InChI=1S/C13H11FN2O3/c1-9-5-6-12(16(18)19)13(17)15(9)8-10-3-2-4-11(14)7-10/h2-7H,8H2,1H3. The van der Waals surface area contributed by atoms with E-state index in [1.165, 1.54) is 34.9 Å². The van der Waals surface area contributed by atoms with Gasteiger partial charge < -0.3 is 4.57 Å². The van der Waals surface area contributed by atoms with E-state index in [9.17, 15) is 19.3 Å². The van der Waals surface area contributed by atoms with E-state index in [-0.39, 0.29) is 6.54 Å². The van der Waals surface area contributed by atoms with Gasteiger partial charge in [-0.2, -0.15) is 0 Å². The van der Waals surface area contributed by atoms with Crippen LogP contribution in [0.1, 0.15) is 11.3 Å². The molecular formula is C13H11FN2O3. The number of nitro groups is 1. The van der Waals surface area contributed by atoms with E-state index in [0.29, 0.717) is 11.3 Å². The molecule has 0 aliphatic rings. The molecule has 2 aromatic rings. The Kier molecular flexibility index (Phi) is 3.41. The fourth-order valence-corrected chi connectivity index (χ4v) is 1.81. The number of pyridine rings is 1. The minimum Gasteiger partial charge on any atom is -0.303 e. The van der Waals surface area contributed by atoms with Gasteiger partial charge in [-0.3, -0.25) is 14.9 Å². The van der Waals surface area contributed by atoms with Crippen molar-refractivity contribution in [3.8, 4) is 0 Å². The van der Waals surface area contributed by atoms with Crippen molar-refractivity contribution in [3.05, 3.63) is 73.9 Å². The Morgan fingerprint density at radius 3 is 2.68 bits per heavy atom. The van der Waals surface area contributed by atoms with Crippen molar-refractivity contribution in [2.24, 2.45) is 0 Å². The van der Waals surface area contributed by atoms with Crippen LogP contribution in [0.25, 0.3) is 0 Å². The molecule has 98 valence electrons. The molecule has 1 aromatic carbocycles. The Labute approximate surface area is 108 Å². The molecule has 0 unspecified atom stereocenters. The van der Waals surface area contributed by atoms with Crippen LogP contribution in [0.2, 0.25) is 0 Å². The van der Waals surface area contributed by atoms with Crippen molar-refractivity contribution in [2.75, 3.05) is 0 Å². The molecule has 5 nitrogen and oxygen atoms in total. The van der Waals surface area contributed by atoms with Gasteiger partial charge in [-0.25, -0.2) is 4.39 Å². The van der Waals surface area contributed by atoms with Crippen molar-refractivity contribution >= 4 is 5.69 Å². The van der Waals surface area contributed by atoms with Crippen LogP contribution in [0.5, 0.6) is 0 Å². The fraction of sp³-hybridized carbons (Fsp3) is 0.154. The lowest BCUT2D eigenvalue weighted by Gasteiger charge is -2.09. The lowest BCUT2D eigenvalue weighted by Crippen LogP contribution is -2.24. The summed E-state index contributed by atoms with van der Waals surface area (Å²) in [6.07, 6.45) is 0. The second-order valence-corrected chi connectivity index (χ2v) is 4.14. The maximum Gasteiger partial charge on any atom is 0.334 e. The molecule has 0 saturated carbocycles. The molecule has 0 aliphatic heterocycles. The molecule has 0 radical (unpaired) electrons. The highest BCUT2D eigenvalue weighted by Crippen LogP contribution is 2.10. The molecule has 0 amide bonds.